The Bertz CT molecular complexity index is 383. The third kappa shape index (κ3) is 2.97. The zero-order valence-corrected chi connectivity index (χ0v) is 9.91. The van der Waals surface area contributed by atoms with E-state index >= 15 is 0 Å². The number of benzene rings is 1. The van der Waals surface area contributed by atoms with Gasteiger partial charge in [0, 0.05) is 22.6 Å². The van der Waals surface area contributed by atoms with Gasteiger partial charge >= 0.3 is 0 Å². The molecule has 1 aliphatic carbocycles. The van der Waals surface area contributed by atoms with Crippen LogP contribution in [0.25, 0.3) is 5.57 Å². The Balaban J connectivity index is 2.03. The number of halogens is 2. The number of hydrogen-bond acceptors (Lipinski definition) is 1. The summed E-state index contributed by atoms with van der Waals surface area (Å²) in [4.78, 5) is 0. The van der Waals surface area contributed by atoms with Crippen LogP contribution in [0.3, 0.4) is 0 Å². The molecule has 0 radical (unpaired) electrons. The monoisotopic (exact) mass is 241 g/mol. The molecule has 0 bridgehead atoms. The molecule has 2 rings (SSSR count). The highest BCUT2D eigenvalue weighted by Crippen LogP contribution is 2.26. The van der Waals surface area contributed by atoms with Gasteiger partial charge in [-0.1, -0.05) is 35.8 Å². The molecule has 0 spiro atoms. The first kappa shape index (κ1) is 11.0. The molecule has 1 saturated carbocycles. The molecule has 1 aromatic carbocycles. The second-order valence-corrected chi connectivity index (χ2v) is 4.73. The van der Waals surface area contributed by atoms with Crippen molar-refractivity contribution in [3.8, 4) is 0 Å². The third-order valence-electron chi connectivity index (χ3n) is 2.49. The van der Waals surface area contributed by atoms with Gasteiger partial charge in [-0.25, -0.2) is 0 Å². The van der Waals surface area contributed by atoms with Crippen LogP contribution in [-0.4, -0.2) is 12.6 Å². The van der Waals surface area contributed by atoms with Crippen LogP contribution in [0.15, 0.2) is 24.8 Å². The van der Waals surface area contributed by atoms with Gasteiger partial charge in [0.1, 0.15) is 0 Å². The van der Waals surface area contributed by atoms with E-state index in [9.17, 15) is 0 Å². The maximum Gasteiger partial charge on any atom is 0.0496 e. The minimum absolute atomic E-state index is 0.659. The van der Waals surface area contributed by atoms with E-state index in [1.807, 2.05) is 12.1 Å². The predicted octanol–water partition coefficient (Wildman–Crippen LogP) is 3.76. The van der Waals surface area contributed by atoms with Crippen molar-refractivity contribution < 1.29 is 0 Å². The van der Waals surface area contributed by atoms with Gasteiger partial charge in [0.15, 0.2) is 0 Å². The first-order valence-electron chi connectivity index (χ1n) is 5.03. The Labute approximate surface area is 100 Å². The summed E-state index contributed by atoms with van der Waals surface area (Å²) in [5.41, 5.74) is 2.00. The van der Waals surface area contributed by atoms with E-state index in [1.165, 1.54) is 12.8 Å². The van der Waals surface area contributed by atoms with Crippen LogP contribution >= 0.6 is 23.2 Å². The topological polar surface area (TPSA) is 12.0 Å². The van der Waals surface area contributed by atoms with Crippen molar-refractivity contribution in [3.05, 3.63) is 40.4 Å². The number of rotatable bonds is 4. The summed E-state index contributed by atoms with van der Waals surface area (Å²) in [6.45, 7) is 4.82. The lowest BCUT2D eigenvalue weighted by Crippen LogP contribution is -2.18. The van der Waals surface area contributed by atoms with Crippen molar-refractivity contribution in [1.82, 2.24) is 5.32 Å². The Morgan fingerprint density at radius 1 is 1.40 bits per heavy atom. The van der Waals surface area contributed by atoms with Crippen LogP contribution in [0, 0.1) is 0 Å². The van der Waals surface area contributed by atoms with Crippen LogP contribution < -0.4 is 5.32 Å². The van der Waals surface area contributed by atoms with E-state index in [0.717, 1.165) is 17.7 Å². The Hall–Kier alpha value is -0.500. The largest absolute Gasteiger partial charge is 0.310 e. The number of hydrogen-bond donors (Lipinski definition) is 1. The second-order valence-electron chi connectivity index (χ2n) is 3.88. The van der Waals surface area contributed by atoms with Gasteiger partial charge in [-0.2, -0.15) is 0 Å². The third-order valence-corrected chi connectivity index (χ3v) is 3.04. The Morgan fingerprint density at radius 3 is 2.73 bits per heavy atom. The summed E-state index contributed by atoms with van der Waals surface area (Å²) in [6.07, 6.45) is 2.56. The highest BCUT2D eigenvalue weighted by molar-refractivity contribution is 6.35. The van der Waals surface area contributed by atoms with E-state index in [2.05, 4.69) is 11.9 Å². The van der Waals surface area contributed by atoms with Crippen molar-refractivity contribution >= 4 is 28.8 Å². The molecule has 3 heteroatoms. The molecule has 0 amide bonds. The van der Waals surface area contributed by atoms with E-state index in [-0.39, 0.29) is 0 Å². The molecule has 0 heterocycles. The summed E-state index contributed by atoms with van der Waals surface area (Å²) in [5.74, 6) is 0. The van der Waals surface area contributed by atoms with Gasteiger partial charge in [0.25, 0.3) is 0 Å². The summed E-state index contributed by atoms with van der Waals surface area (Å²) in [6, 6.07) is 6.20. The summed E-state index contributed by atoms with van der Waals surface area (Å²) >= 11 is 11.9. The van der Waals surface area contributed by atoms with Crippen molar-refractivity contribution in [2.75, 3.05) is 6.54 Å². The lowest BCUT2D eigenvalue weighted by atomic mass is 10.1. The zero-order valence-electron chi connectivity index (χ0n) is 8.39. The lowest BCUT2D eigenvalue weighted by molar-refractivity contribution is 0.761. The van der Waals surface area contributed by atoms with Crippen molar-refractivity contribution in [2.45, 2.75) is 18.9 Å². The fourth-order valence-corrected chi connectivity index (χ4v) is 1.97. The SMILES string of the molecule is C=C(CNC1CC1)c1ccc(Cl)cc1Cl. The Morgan fingerprint density at radius 2 is 2.13 bits per heavy atom. The van der Waals surface area contributed by atoms with Gasteiger partial charge in [-0.3, -0.25) is 0 Å². The van der Waals surface area contributed by atoms with Crippen LogP contribution in [0.2, 0.25) is 10.0 Å². The summed E-state index contributed by atoms with van der Waals surface area (Å²) in [7, 11) is 0. The van der Waals surface area contributed by atoms with E-state index in [4.69, 9.17) is 23.2 Å². The molecular weight excluding hydrogens is 229 g/mol. The van der Waals surface area contributed by atoms with E-state index < -0.39 is 0 Å². The molecule has 0 atom stereocenters. The summed E-state index contributed by atoms with van der Waals surface area (Å²) in [5, 5.41) is 4.74. The molecule has 15 heavy (non-hydrogen) atoms. The molecule has 1 nitrogen and oxygen atoms in total. The highest BCUT2D eigenvalue weighted by Gasteiger charge is 2.20. The van der Waals surface area contributed by atoms with Crippen LogP contribution in [0.1, 0.15) is 18.4 Å². The van der Waals surface area contributed by atoms with Crippen LogP contribution in [-0.2, 0) is 0 Å². The fourth-order valence-electron chi connectivity index (χ4n) is 1.43. The predicted molar refractivity (Wildman–Crippen MR) is 66.5 cm³/mol. The fraction of sp³-hybridized carbons (Fsp3) is 0.333. The average molecular weight is 242 g/mol. The molecule has 0 aromatic heterocycles. The highest BCUT2D eigenvalue weighted by atomic mass is 35.5. The van der Waals surface area contributed by atoms with E-state index in [0.29, 0.717) is 16.1 Å². The van der Waals surface area contributed by atoms with E-state index in [1.54, 1.807) is 6.07 Å². The van der Waals surface area contributed by atoms with Gasteiger partial charge in [-0.15, -0.1) is 0 Å². The zero-order chi connectivity index (χ0) is 10.8. The maximum absolute atomic E-state index is 6.08. The van der Waals surface area contributed by atoms with Gasteiger partial charge in [0.2, 0.25) is 0 Å². The minimum Gasteiger partial charge on any atom is -0.310 e. The molecule has 1 fully saturated rings. The van der Waals surface area contributed by atoms with Crippen molar-refractivity contribution in [3.63, 3.8) is 0 Å². The first-order chi connectivity index (χ1) is 7.16. The van der Waals surface area contributed by atoms with Crippen molar-refractivity contribution in [2.24, 2.45) is 0 Å². The minimum atomic E-state index is 0.659. The van der Waals surface area contributed by atoms with Gasteiger partial charge in [0.05, 0.1) is 0 Å². The standard InChI is InChI=1S/C12H13Cl2N/c1-8(7-15-10-3-4-10)11-5-2-9(13)6-12(11)14/h2,5-6,10,15H,1,3-4,7H2. The molecule has 0 aliphatic heterocycles. The van der Waals surface area contributed by atoms with Crippen LogP contribution in [0.5, 0.6) is 0 Å². The van der Waals surface area contributed by atoms with Crippen LogP contribution in [0.4, 0.5) is 0 Å². The number of nitrogens with one attached hydrogen (secondary N) is 1. The molecule has 80 valence electrons. The normalized spacial score (nSPS) is 15.3. The molecular formula is C12H13Cl2N. The molecule has 0 saturated heterocycles. The first-order valence-corrected chi connectivity index (χ1v) is 5.79. The molecule has 0 unspecified atom stereocenters. The molecule has 1 N–H and O–H groups in total. The lowest BCUT2D eigenvalue weighted by Gasteiger charge is -2.09. The second kappa shape index (κ2) is 4.56. The quantitative estimate of drug-likeness (QED) is 0.847. The molecule has 1 aliphatic rings. The van der Waals surface area contributed by atoms with Crippen molar-refractivity contribution in [1.29, 1.82) is 0 Å². The maximum atomic E-state index is 6.08. The summed E-state index contributed by atoms with van der Waals surface area (Å²) < 4.78 is 0. The molecule has 1 aromatic rings. The smallest absolute Gasteiger partial charge is 0.0496 e. The van der Waals surface area contributed by atoms with Gasteiger partial charge < -0.3 is 5.32 Å². The Kier molecular flexibility index (Phi) is 3.35. The van der Waals surface area contributed by atoms with Gasteiger partial charge in [-0.05, 0) is 36.1 Å². The average Bonchev–Trinajstić information content (AvgIpc) is 2.97.